The fraction of sp³-hybridized carbons (Fsp3) is 0.632. The van der Waals surface area contributed by atoms with Crippen LogP contribution in [0.4, 0.5) is 0 Å². The van der Waals surface area contributed by atoms with Crippen molar-refractivity contribution in [2.45, 2.75) is 78.1 Å². The Kier molecular flexibility index (Phi) is 10.8. The van der Waals surface area contributed by atoms with Gasteiger partial charge in [-0.1, -0.05) is 63.4 Å². The molecule has 128 valence electrons. The normalized spacial score (nSPS) is 11.5. The predicted molar refractivity (Wildman–Crippen MR) is 94.4 cm³/mol. The number of carbonyl (C=O) groups excluding carboxylic acids is 1. The van der Waals surface area contributed by atoms with Crippen LogP contribution < -0.4 is 0 Å². The minimum absolute atomic E-state index is 0.249. The summed E-state index contributed by atoms with van der Waals surface area (Å²) in [6, 6.07) is 3.68. The minimum Gasteiger partial charge on any atom is -0.318 e. The third-order valence-electron chi connectivity index (χ3n) is 3.87. The first-order valence-corrected chi connectivity index (χ1v) is 8.89. The van der Waals surface area contributed by atoms with Crippen LogP contribution in [0.15, 0.2) is 29.7 Å². The van der Waals surface area contributed by atoms with Crippen molar-refractivity contribution in [1.29, 1.82) is 0 Å². The molecule has 4 nitrogen and oxygen atoms in total. The van der Waals surface area contributed by atoms with Crippen LogP contribution in [-0.4, -0.2) is 16.7 Å². The van der Waals surface area contributed by atoms with Crippen molar-refractivity contribution in [1.82, 2.24) is 4.98 Å². The molecule has 0 atom stereocenters. The molecule has 0 saturated heterocycles. The Labute approximate surface area is 140 Å². The maximum absolute atomic E-state index is 11.6. The Morgan fingerprint density at radius 3 is 2.17 bits per heavy atom. The smallest absolute Gasteiger partial charge is 0.318 e. The first-order chi connectivity index (χ1) is 11.2. The highest BCUT2D eigenvalue weighted by atomic mass is 16.7. The molecular weight excluding hydrogens is 288 g/mol. The van der Waals surface area contributed by atoms with Crippen molar-refractivity contribution in [3.05, 3.63) is 30.1 Å². The molecule has 0 radical (unpaired) electrons. The predicted octanol–water partition coefficient (Wildman–Crippen LogP) is 5.27. The van der Waals surface area contributed by atoms with Crippen molar-refractivity contribution in [3.8, 4) is 0 Å². The van der Waals surface area contributed by atoms with Gasteiger partial charge in [-0.3, -0.25) is 4.98 Å². The van der Waals surface area contributed by atoms with Crippen LogP contribution in [0.5, 0.6) is 0 Å². The maximum atomic E-state index is 11.6. The highest BCUT2D eigenvalue weighted by Crippen LogP contribution is 2.11. The van der Waals surface area contributed by atoms with Crippen molar-refractivity contribution in [2.24, 2.45) is 5.16 Å². The third kappa shape index (κ3) is 9.82. The highest BCUT2D eigenvalue weighted by Gasteiger charge is 2.04. The second kappa shape index (κ2) is 12.8. The SMILES string of the molecule is CCCCCCCCCCCC(=O)O/N=C(\C)c1ccncc1. The van der Waals surface area contributed by atoms with Crippen LogP contribution in [0, 0.1) is 0 Å². The standard InChI is InChI=1S/C19H30N2O2/c1-3-4-5-6-7-8-9-10-11-12-19(22)23-21-17(2)18-13-15-20-16-14-18/h13-16H,3-12H2,1-2H3/b21-17+. The van der Waals surface area contributed by atoms with E-state index < -0.39 is 0 Å². The zero-order valence-electron chi connectivity index (χ0n) is 14.6. The molecular formula is C19H30N2O2. The molecule has 0 aromatic carbocycles. The fourth-order valence-electron chi connectivity index (χ4n) is 2.39. The number of nitrogens with zero attached hydrogens (tertiary/aromatic N) is 2. The number of aromatic nitrogens is 1. The molecule has 0 spiro atoms. The van der Waals surface area contributed by atoms with Gasteiger partial charge in [0.1, 0.15) is 0 Å². The second-order valence-electron chi connectivity index (χ2n) is 5.95. The number of rotatable bonds is 12. The summed E-state index contributed by atoms with van der Waals surface area (Å²) in [5.74, 6) is -0.249. The molecule has 0 aliphatic carbocycles. The largest absolute Gasteiger partial charge is 0.335 e. The molecule has 0 bridgehead atoms. The first-order valence-electron chi connectivity index (χ1n) is 8.89. The fourth-order valence-corrected chi connectivity index (χ4v) is 2.39. The van der Waals surface area contributed by atoms with E-state index in [-0.39, 0.29) is 5.97 Å². The van der Waals surface area contributed by atoms with Gasteiger partial charge in [0.25, 0.3) is 0 Å². The summed E-state index contributed by atoms with van der Waals surface area (Å²) in [4.78, 5) is 20.5. The van der Waals surface area contributed by atoms with Crippen LogP contribution in [0.1, 0.15) is 83.6 Å². The van der Waals surface area contributed by atoms with Gasteiger partial charge in [0, 0.05) is 24.4 Å². The lowest BCUT2D eigenvalue weighted by atomic mass is 10.1. The van der Waals surface area contributed by atoms with Gasteiger partial charge < -0.3 is 4.84 Å². The van der Waals surface area contributed by atoms with Crippen LogP contribution >= 0.6 is 0 Å². The molecule has 4 heteroatoms. The number of hydrogen-bond acceptors (Lipinski definition) is 4. The van der Waals surface area contributed by atoms with Crippen molar-refractivity contribution in [3.63, 3.8) is 0 Å². The lowest BCUT2D eigenvalue weighted by Gasteiger charge is -2.02. The van der Waals surface area contributed by atoms with Crippen LogP contribution in [0.2, 0.25) is 0 Å². The van der Waals surface area contributed by atoms with Gasteiger partial charge in [0.2, 0.25) is 0 Å². The molecule has 1 aromatic rings. The second-order valence-corrected chi connectivity index (χ2v) is 5.95. The van der Waals surface area contributed by atoms with E-state index in [1.165, 1.54) is 44.9 Å². The van der Waals surface area contributed by atoms with E-state index in [4.69, 9.17) is 4.84 Å². The Hall–Kier alpha value is -1.71. The highest BCUT2D eigenvalue weighted by molar-refractivity contribution is 5.98. The van der Waals surface area contributed by atoms with Gasteiger partial charge >= 0.3 is 5.97 Å². The molecule has 0 N–H and O–H groups in total. The average molecular weight is 318 g/mol. The molecule has 1 rings (SSSR count). The summed E-state index contributed by atoms with van der Waals surface area (Å²) < 4.78 is 0. The number of pyridine rings is 1. The first kappa shape index (κ1) is 19.3. The molecule has 1 aromatic heterocycles. The molecule has 0 aliphatic rings. The topological polar surface area (TPSA) is 51.5 Å². The molecule has 0 amide bonds. The Balaban J connectivity index is 2.04. The van der Waals surface area contributed by atoms with E-state index in [1.54, 1.807) is 12.4 Å². The zero-order chi connectivity index (χ0) is 16.8. The molecule has 23 heavy (non-hydrogen) atoms. The zero-order valence-corrected chi connectivity index (χ0v) is 14.6. The molecule has 0 fully saturated rings. The summed E-state index contributed by atoms with van der Waals surface area (Å²) >= 11 is 0. The van der Waals surface area contributed by atoms with Gasteiger partial charge in [0.15, 0.2) is 0 Å². The van der Waals surface area contributed by atoms with E-state index in [2.05, 4.69) is 17.1 Å². The van der Waals surface area contributed by atoms with Gasteiger partial charge in [-0.2, -0.15) is 0 Å². The Morgan fingerprint density at radius 1 is 1.00 bits per heavy atom. The lowest BCUT2D eigenvalue weighted by Crippen LogP contribution is -2.03. The summed E-state index contributed by atoms with van der Waals surface area (Å²) in [6.07, 6.45) is 15.0. The monoisotopic (exact) mass is 318 g/mol. The Bertz CT molecular complexity index is 458. The van der Waals surface area contributed by atoms with Crippen molar-refractivity contribution >= 4 is 11.7 Å². The molecule has 0 aliphatic heterocycles. The molecule has 0 unspecified atom stereocenters. The molecule has 0 saturated carbocycles. The number of hydrogen-bond donors (Lipinski definition) is 0. The van der Waals surface area contributed by atoms with Crippen LogP contribution in [0.25, 0.3) is 0 Å². The summed E-state index contributed by atoms with van der Waals surface area (Å²) in [7, 11) is 0. The van der Waals surface area contributed by atoms with E-state index in [1.807, 2.05) is 19.1 Å². The van der Waals surface area contributed by atoms with Crippen molar-refractivity contribution < 1.29 is 9.63 Å². The number of oxime groups is 1. The summed E-state index contributed by atoms with van der Waals surface area (Å²) in [5.41, 5.74) is 1.60. The van der Waals surface area contributed by atoms with Crippen LogP contribution in [-0.2, 0) is 9.63 Å². The van der Waals surface area contributed by atoms with E-state index >= 15 is 0 Å². The van der Waals surface area contributed by atoms with E-state index in [9.17, 15) is 4.79 Å². The van der Waals surface area contributed by atoms with Gasteiger partial charge in [-0.15, -0.1) is 0 Å². The van der Waals surface area contributed by atoms with E-state index in [0.29, 0.717) is 12.1 Å². The number of unbranched alkanes of at least 4 members (excludes halogenated alkanes) is 8. The lowest BCUT2D eigenvalue weighted by molar-refractivity contribution is -0.143. The van der Waals surface area contributed by atoms with Gasteiger partial charge in [-0.05, 0) is 25.5 Å². The minimum atomic E-state index is -0.249. The van der Waals surface area contributed by atoms with Crippen molar-refractivity contribution in [2.75, 3.05) is 0 Å². The molecule has 1 heterocycles. The maximum Gasteiger partial charge on any atom is 0.335 e. The average Bonchev–Trinajstić information content (AvgIpc) is 2.59. The van der Waals surface area contributed by atoms with Gasteiger partial charge in [-0.25, -0.2) is 4.79 Å². The van der Waals surface area contributed by atoms with Gasteiger partial charge in [0.05, 0.1) is 5.71 Å². The van der Waals surface area contributed by atoms with E-state index in [0.717, 1.165) is 18.4 Å². The Morgan fingerprint density at radius 2 is 1.57 bits per heavy atom. The summed E-state index contributed by atoms with van der Waals surface area (Å²) in [6.45, 7) is 4.06. The quantitative estimate of drug-likeness (QED) is 0.228. The summed E-state index contributed by atoms with van der Waals surface area (Å²) in [5, 5.41) is 3.89. The number of carbonyl (C=O) groups is 1. The third-order valence-corrected chi connectivity index (χ3v) is 3.87. The van der Waals surface area contributed by atoms with Crippen LogP contribution in [0.3, 0.4) is 0 Å².